The molecule has 1 amide bonds. The first-order valence-electron chi connectivity index (χ1n) is 10.1. The molecule has 0 aromatic rings. The standard InChI is InChI=1S/C18H37N5O5S/c1-18(2,3)28-17(24)22-10-7-9-20-16(19-4)21-11-13-29(25,26)23-14-15-8-5-6-12-27-15/h15,23H,5-14H2,1-4H3,(H,22,24)(H2,19,20,21). The highest BCUT2D eigenvalue weighted by Crippen LogP contribution is 2.11. The van der Waals surface area contributed by atoms with Crippen molar-refractivity contribution in [2.75, 3.05) is 45.6 Å². The van der Waals surface area contributed by atoms with Crippen LogP contribution in [0.1, 0.15) is 46.5 Å². The van der Waals surface area contributed by atoms with Gasteiger partial charge in [0, 0.05) is 39.8 Å². The normalized spacial score (nSPS) is 18.2. The smallest absolute Gasteiger partial charge is 0.407 e. The van der Waals surface area contributed by atoms with Gasteiger partial charge in [0.05, 0.1) is 11.9 Å². The van der Waals surface area contributed by atoms with Gasteiger partial charge in [-0.3, -0.25) is 4.99 Å². The maximum Gasteiger partial charge on any atom is 0.407 e. The summed E-state index contributed by atoms with van der Waals surface area (Å²) in [6.45, 7) is 7.70. The first-order valence-corrected chi connectivity index (χ1v) is 11.8. The topological polar surface area (TPSA) is 130 Å². The van der Waals surface area contributed by atoms with Gasteiger partial charge in [0.2, 0.25) is 10.0 Å². The third-order valence-corrected chi connectivity index (χ3v) is 5.35. The highest BCUT2D eigenvalue weighted by molar-refractivity contribution is 7.89. The minimum Gasteiger partial charge on any atom is -0.444 e. The van der Waals surface area contributed by atoms with E-state index in [9.17, 15) is 13.2 Å². The summed E-state index contributed by atoms with van der Waals surface area (Å²) in [5, 5.41) is 8.72. The van der Waals surface area contributed by atoms with E-state index >= 15 is 0 Å². The van der Waals surface area contributed by atoms with Crippen LogP contribution in [-0.4, -0.2) is 77.8 Å². The van der Waals surface area contributed by atoms with E-state index in [1.807, 2.05) is 20.8 Å². The van der Waals surface area contributed by atoms with Crippen molar-refractivity contribution in [1.82, 2.24) is 20.7 Å². The lowest BCUT2D eigenvalue weighted by atomic mass is 10.1. The number of nitrogens with zero attached hydrogens (tertiary/aromatic N) is 1. The Bertz CT molecular complexity index is 613. The van der Waals surface area contributed by atoms with Gasteiger partial charge < -0.3 is 25.4 Å². The molecule has 11 heteroatoms. The highest BCUT2D eigenvalue weighted by atomic mass is 32.2. The van der Waals surface area contributed by atoms with Crippen molar-refractivity contribution in [3.63, 3.8) is 0 Å². The lowest BCUT2D eigenvalue weighted by molar-refractivity contribution is 0.0200. The largest absolute Gasteiger partial charge is 0.444 e. The Hall–Kier alpha value is -1.59. The van der Waals surface area contributed by atoms with Gasteiger partial charge in [0.15, 0.2) is 5.96 Å². The van der Waals surface area contributed by atoms with Crippen LogP contribution in [0.25, 0.3) is 0 Å². The van der Waals surface area contributed by atoms with Crippen LogP contribution in [0.15, 0.2) is 4.99 Å². The van der Waals surface area contributed by atoms with Crippen LogP contribution in [0.5, 0.6) is 0 Å². The van der Waals surface area contributed by atoms with Gasteiger partial charge >= 0.3 is 6.09 Å². The molecular formula is C18H37N5O5S. The number of nitrogens with one attached hydrogen (secondary N) is 4. The quantitative estimate of drug-likeness (QED) is 0.224. The molecule has 0 aromatic heterocycles. The van der Waals surface area contributed by atoms with Crippen LogP contribution in [0.2, 0.25) is 0 Å². The minimum atomic E-state index is -3.38. The molecule has 170 valence electrons. The van der Waals surface area contributed by atoms with Crippen molar-refractivity contribution in [2.45, 2.75) is 58.2 Å². The van der Waals surface area contributed by atoms with Gasteiger partial charge in [0.25, 0.3) is 0 Å². The number of carbonyl (C=O) groups is 1. The summed E-state index contributed by atoms with van der Waals surface area (Å²) in [7, 11) is -1.76. The minimum absolute atomic E-state index is 0.0322. The molecule has 1 heterocycles. The van der Waals surface area contributed by atoms with E-state index in [1.54, 1.807) is 7.05 Å². The van der Waals surface area contributed by atoms with Crippen LogP contribution in [0, 0.1) is 0 Å². The van der Waals surface area contributed by atoms with Crippen molar-refractivity contribution in [3.05, 3.63) is 0 Å². The molecule has 1 fully saturated rings. The van der Waals surface area contributed by atoms with Crippen molar-refractivity contribution in [2.24, 2.45) is 4.99 Å². The third-order valence-electron chi connectivity index (χ3n) is 4.01. The molecule has 0 spiro atoms. The Morgan fingerprint density at radius 3 is 2.45 bits per heavy atom. The summed E-state index contributed by atoms with van der Waals surface area (Å²) in [6, 6.07) is 0. The molecule has 0 saturated carbocycles. The number of alkyl carbamates (subject to hydrolysis) is 1. The summed E-state index contributed by atoms with van der Waals surface area (Å²) < 4.78 is 37.5. The predicted molar refractivity (Wildman–Crippen MR) is 114 cm³/mol. The number of aliphatic imine (C=N–C) groups is 1. The van der Waals surface area contributed by atoms with E-state index in [0.29, 0.717) is 38.6 Å². The van der Waals surface area contributed by atoms with E-state index in [4.69, 9.17) is 9.47 Å². The summed E-state index contributed by atoms with van der Waals surface area (Å²) >= 11 is 0. The van der Waals surface area contributed by atoms with E-state index in [0.717, 1.165) is 19.3 Å². The summed E-state index contributed by atoms with van der Waals surface area (Å²) in [6.07, 6.45) is 3.19. The SMILES string of the molecule is CN=C(NCCCNC(=O)OC(C)(C)C)NCCS(=O)(=O)NCC1CCCCO1. The van der Waals surface area contributed by atoms with Gasteiger partial charge in [-0.2, -0.15) is 0 Å². The van der Waals surface area contributed by atoms with Crippen LogP contribution < -0.4 is 20.7 Å². The average Bonchev–Trinajstić information content (AvgIpc) is 2.64. The second-order valence-electron chi connectivity index (χ2n) is 7.86. The number of ether oxygens (including phenoxy) is 2. The van der Waals surface area contributed by atoms with Gasteiger partial charge in [-0.1, -0.05) is 0 Å². The van der Waals surface area contributed by atoms with Gasteiger partial charge in [-0.25, -0.2) is 17.9 Å². The molecular weight excluding hydrogens is 398 g/mol. The third kappa shape index (κ3) is 13.3. The first-order chi connectivity index (χ1) is 13.6. The molecule has 0 radical (unpaired) electrons. The van der Waals surface area contributed by atoms with Crippen LogP contribution >= 0.6 is 0 Å². The van der Waals surface area contributed by atoms with Crippen LogP contribution in [0.4, 0.5) is 4.79 Å². The molecule has 4 N–H and O–H groups in total. The molecule has 1 atom stereocenters. The van der Waals surface area contributed by atoms with E-state index < -0.39 is 21.7 Å². The van der Waals surface area contributed by atoms with Crippen molar-refractivity contribution >= 4 is 22.1 Å². The Balaban J connectivity index is 2.14. The Morgan fingerprint density at radius 2 is 1.83 bits per heavy atom. The zero-order valence-electron chi connectivity index (χ0n) is 18.0. The molecule has 1 aliphatic rings. The van der Waals surface area contributed by atoms with Crippen molar-refractivity contribution in [3.8, 4) is 0 Å². The molecule has 0 aliphatic carbocycles. The summed E-state index contributed by atoms with van der Waals surface area (Å²) in [5.74, 6) is 0.453. The molecule has 10 nitrogen and oxygen atoms in total. The maximum atomic E-state index is 12.1. The zero-order valence-corrected chi connectivity index (χ0v) is 18.9. The number of carbonyl (C=O) groups excluding carboxylic acids is 1. The molecule has 1 aliphatic heterocycles. The van der Waals surface area contributed by atoms with Gasteiger partial charge in [-0.15, -0.1) is 0 Å². The second-order valence-corrected chi connectivity index (χ2v) is 9.79. The lowest BCUT2D eigenvalue weighted by Crippen LogP contribution is -2.43. The van der Waals surface area contributed by atoms with Crippen molar-refractivity contribution in [1.29, 1.82) is 0 Å². The number of sulfonamides is 1. The summed E-state index contributed by atoms with van der Waals surface area (Å²) in [4.78, 5) is 15.6. The van der Waals surface area contributed by atoms with E-state index in [-0.39, 0.29) is 18.4 Å². The Morgan fingerprint density at radius 1 is 1.14 bits per heavy atom. The molecule has 29 heavy (non-hydrogen) atoms. The number of hydrogen-bond donors (Lipinski definition) is 4. The molecule has 1 unspecified atom stereocenters. The number of guanidine groups is 1. The second kappa shape index (κ2) is 12.9. The molecule has 0 aromatic carbocycles. The fourth-order valence-corrected chi connectivity index (χ4v) is 3.54. The van der Waals surface area contributed by atoms with E-state index in [1.165, 1.54) is 0 Å². The monoisotopic (exact) mass is 435 g/mol. The lowest BCUT2D eigenvalue weighted by Gasteiger charge is -2.22. The van der Waals surface area contributed by atoms with Gasteiger partial charge in [-0.05, 0) is 46.5 Å². The van der Waals surface area contributed by atoms with Crippen molar-refractivity contribution < 1.29 is 22.7 Å². The first kappa shape index (κ1) is 25.4. The number of hydrogen-bond acceptors (Lipinski definition) is 6. The van der Waals surface area contributed by atoms with Crippen LogP contribution in [-0.2, 0) is 19.5 Å². The number of rotatable bonds is 10. The van der Waals surface area contributed by atoms with Gasteiger partial charge in [0.1, 0.15) is 5.60 Å². The fourth-order valence-electron chi connectivity index (χ4n) is 2.58. The average molecular weight is 436 g/mol. The molecule has 1 rings (SSSR count). The molecule has 1 saturated heterocycles. The zero-order chi connectivity index (χ0) is 21.8. The Kier molecular flexibility index (Phi) is 11.3. The Labute approximate surface area is 174 Å². The fraction of sp³-hybridized carbons (Fsp3) is 0.889. The highest BCUT2D eigenvalue weighted by Gasteiger charge is 2.18. The maximum absolute atomic E-state index is 12.1. The molecule has 0 bridgehead atoms. The van der Waals surface area contributed by atoms with E-state index in [2.05, 4.69) is 25.7 Å². The summed E-state index contributed by atoms with van der Waals surface area (Å²) in [5.41, 5.74) is -0.521. The predicted octanol–water partition coefficient (Wildman–Crippen LogP) is 0.555. The van der Waals surface area contributed by atoms with Crippen LogP contribution in [0.3, 0.4) is 0 Å². The number of amides is 1.